The summed E-state index contributed by atoms with van der Waals surface area (Å²) in [5.74, 6) is -0.0145. The van der Waals surface area contributed by atoms with Crippen molar-refractivity contribution in [2.75, 3.05) is 13.2 Å². The summed E-state index contributed by atoms with van der Waals surface area (Å²) in [4.78, 5) is 10.8. The van der Waals surface area contributed by atoms with Gasteiger partial charge in [-0.1, -0.05) is 11.6 Å². The number of hydrogen-bond acceptors (Lipinski definition) is 3. The van der Waals surface area contributed by atoms with Gasteiger partial charge in [0.1, 0.15) is 12.4 Å². The highest BCUT2D eigenvalue weighted by Crippen LogP contribution is 2.25. The predicted octanol–water partition coefficient (Wildman–Crippen LogP) is 0.776. The Morgan fingerprint density at radius 1 is 1.50 bits per heavy atom. The zero-order valence-electron chi connectivity index (χ0n) is 7.50. The van der Waals surface area contributed by atoms with Crippen LogP contribution >= 0.6 is 11.6 Å². The quantitative estimate of drug-likeness (QED) is 0.778. The molecule has 0 unspecified atom stereocenters. The van der Waals surface area contributed by atoms with E-state index in [0.29, 0.717) is 29.5 Å². The van der Waals surface area contributed by atoms with Crippen LogP contribution < -0.4 is 16.2 Å². The molecule has 0 aliphatic carbocycles. The number of nitrogens with two attached hydrogens (primary N) is 2. The lowest BCUT2D eigenvalue weighted by Gasteiger charge is -2.06. The summed E-state index contributed by atoms with van der Waals surface area (Å²) in [6.45, 7) is 0.795. The van der Waals surface area contributed by atoms with Gasteiger partial charge >= 0.3 is 0 Å². The lowest BCUT2D eigenvalue weighted by atomic mass is 10.2. The summed E-state index contributed by atoms with van der Waals surface area (Å²) in [5.41, 5.74) is 10.7. The minimum absolute atomic E-state index is 0.356. The lowest BCUT2D eigenvalue weighted by molar-refractivity contribution is 0.100. The largest absolute Gasteiger partial charge is 0.491 e. The molecule has 0 spiro atoms. The molecule has 0 fully saturated rings. The first-order valence-electron chi connectivity index (χ1n) is 4.07. The lowest BCUT2D eigenvalue weighted by Crippen LogP contribution is -2.12. The van der Waals surface area contributed by atoms with Gasteiger partial charge in [0.25, 0.3) is 0 Å². The maximum atomic E-state index is 10.8. The zero-order valence-corrected chi connectivity index (χ0v) is 8.25. The third-order valence-corrected chi connectivity index (χ3v) is 1.89. The number of carbonyl (C=O) groups excluding carboxylic acids is 1. The molecular formula is C9H11ClN2O2. The minimum Gasteiger partial charge on any atom is -0.491 e. The minimum atomic E-state index is -0.516. The Bertz CT molecular complexity index is 342. The van der Waals surface area contributed by atoms with Crippen molar-refractivity contribution in [3.05, 3.63) is 28.8 Å². The topological polar surface area (TPSA) is 78.3 Å². The van der Waals surface area contributed by atoms with Crippen LogP contribution in [-0.4, -0.2) is 19.1 Å². The molecule has 0 aliphatic heterocycles. The van der Waals surface area contributed by atoms with Gasteiger partial charge in [-0.05, 0) is 18.2 Å². The van der Waals surface area contributed by atoms with E-state index in [0.717, 1.165) is 0 Å². The molecule has 4 N–H and O–H groups in total. The van der Waals surface area contributed by atoms with Crippen LogP contribution in [0.15, 0.2) is 18.2 Å². The maximum Gasteiger partial charge on any atom is 0.248 e. The van der Waals surface area contributed by atoms with Crippen LogP contribution in [0.5, 0.6) is 5.75 Å². The van der Waals surface area contributed by atoms with Crippen LogP contribution in [0.3, 0.4) is 0 Å². The molecule has 0 atom stereocenters. The van der Waals surface area contributed by atoms with Crippen LogP contribution in [-0.2, 0) is 0 Å². The first-order valence-corrected chi connectivity index (χ1v) is 4.45. The van der Waals surface area contributed by atoms with Crippen molar-refractivity contribution in [3.63, 3.8) is 0 Å². The summed E-state index contributed by atoms with van der Waals surface area (Å²) in [6.07, 6.45) is 0. The third kappa shape index (κ3) is 2.61. The molecule has 0 aliphatic rings. The van der Waals surface area contributed by atoms with Gasteiger partial charge in [-0.3, -0.25) is 4.79 Å². The molecule has 76 valence electrons. The van der Waals surface area contributed by atoms with Gasteiger partial charge in [0, 0.05) is 12.1 Å². The number of rotatable bonds is 4. The first-order chi connectivity index (χ1) is 6.65. The molecule has 1 amide bonds. The fraction of sp³-hybridized carbons (Fsp3) is 0.222. The van der Waals surface area contributed by atoms with Gasteiger partial charge < -0.3 is 16.2 Å². The van der Waals surface area contributed by atoms with E-state index in [-0.39, 0.29) is 0 Å². The average Bonchev–Trinajstić information content (AvgIpc) is 2.15. The highest BCUT2D eigenvalue weighted by molar-refractivity contribution is 6.32. The molecule has 0 radical (unpaired) electrons. The van der Waals surface area contributed by atoms with E-state index in [1.807, 2.05) is 0 Å². The predicted molar refractivity (Wildman–Crippen MR) is 54.5 cm³/mol. The molecule has 0 saturated heterocycles. The second-order valence-corrected chi connectivity index (χ2v) is 3.05. The molecule has 0 bridgehead atoms. The Morgan fingerprint density at radius 2 is 2.21 bits per heavy atom. The van der Waals surface area contributed by atoms with Crippen molar-refractivity contribution in [2.24, 2.45) is 11.5 Å². The zero-order chi connectivity index (χ0) is 10.6. The highest BCUT2D eigenvalue weighted by Gasteiger charge is 2.05. The second kappa shape index (κ2) is 4.83. The second-order valence-electron chi connectivity index (χ2n) is 2.65. The van der Waals surface area contributed by atoms with Crippen molar-refractivity contribution in [3.8, 4) is 5.75 Å². The highest BCUT2D eigenvalue weighted by atomic mass is 35.5. The number of benzene rings is 1. The van der Waals surface area contributed by atoms with Gasteiger partial charge in [0.15, 0.2) is 0 Å². The molecule has 1 rings (SSSR count). The molecule has 0 heterocycles. The first kappa shape index (κ1) is 10.8. The monoisotopic (exact) mass is 214 g/mol. The Labute approximate surface area is 86.8 Å². The van der Waals surface area contributed by atoms with Crippen LogP contribution in [0.25, 0.3) is 0 Å². The van der Waals surface area contributed by atoms with Crippen molar-refractivity contribution in [1.82, 2.24) is 0 Å². The number of ether oxygens (including phenoxy) is 1. The molecular weight excluding hydrogens is 204 g/mol. The van der Waals surface area contributed by atoms with E-state index in [4.69, 9.17) is 27.8 Å². The van der Waals surface area contributed by atoms with Crippen LogP contribution in [0.2, 0.25) is 5.02 Å². The molecule has 4 nitrogen and oxygen atoms in total. The fourth-order valence-corrected chi connectivity index (χ4v) is 1.18. The number of primary amides is 1. The van der Waals surface area contributed by atoms with Crippen LogP contribution in [0.4, 0.5) is 0 Å². The fourth-order valence-electron chi connectivity index (χ4n) is 0.940. The van der Waals surface area contributed by atoms with Crippen molar-refractivity contribution in [1.29, 1.82) is 0 Å². The van der Waals surface area contributed by atoms with Gasteiger partial charge in [-0.2, -0.15) is 0 Å². The van der Waals surface area contributed by atoms with Crippen LogP contribution in [0.1, 0.15) is 10.4 Å². The Kier molecular flexibility index (Phi) is 3.73. The summed E-state index contributed by atoms with van der Waals surface area (Å²) in [5, 5.41) is 0.356. The molecule has 5 heteroatoms. The standard InChI is InChI=1S/C9H11ClN2O2/c10-7-5-6(9(12)13)1-2-8(7)14-4-3-11/h1-2,5H,3-4,11H2,(H2,12,13). The number of hydrogen-bond donors (Lipinski definition) is 2. The number of amides is 1. The van der Waals surface area contributed by atoms with Crippen molar-refractivity contribution >= 4 is 17.5 Å². The van der Waals surface area contributed by atoms with Crippen molar-refractivity contribution < 1.29 is 9.53 Å². The van der Waals surface area contributed by atoms with E-state index in [1.54, 1.807) is 12.1 Å². The van der Waals surface area contributed by atoms with Gasteiger partial charge in [0.05, 0.1) is 5.02 Å². The van der Waals surface area contributed by atoms with Gasteiger partial charge in [-0.15, -0.1) is 0 Å². The Hall–Kier alpha value is -1.26. The average molecular weight is 215 g/mol. The van der Waals surface area contributed by atoms with Crippen LogP contribution in [0, 0.1) is 0 Å². The Morgan fingerprint density at radius 3 is 2.71 bits per heavy atom. The molecule has 1 aromatic rings. The van der Waals surface area contributed by atoms with E-state index < -0.39 is 5.91 Å². The van der Waals surface area contributed by atoms with E-state index in [9.17, 15) is 4.79 Å². The van der Waals surface area contributed by atoms with E-state index in [2.05, 4.69) is 0 Å². The summed E-state index contributed by atoms with van der Waals surface area (Å²) in [7, 11) is 0. The van der Waals surface area contributed by atoms with E-state index >= 15 is 0 Å². The third-order valence-electron chi connectivity index (χ3n) is 1.59. The molecule has 1 aromatic carbocycles. The number of carbonyl (C=O) groups is 1. The number of halogens is 1. The molecule has 0 saturated carbocycles. The normalized spacial score (nSPS) is 9.86. The maximum absolute atomic E-state index is 10.8. The smallest absolute Gasteiger partial charge is 0.248 e. The molecule has 14 heavy (non-hydrogen) atoms. The van der Waals surface area contributed by atoms with Crippen molar-refractivity contribution in [2.45, 2.75) is 0 Å². The summed E-state index contributed by atoms with van der Waals surface area (Å²) >= 11 is 5.84. The van der Waals surface area contributed by atoms with Gasteiger partial charge in [-0.25, -0.2) is 0 Å². The van der Waals surface area contributed by atoms with Gasteiger partial charge in [0.2, 0.25) is 5.91 Å². The SMILES string of the molecule is NCCOc1ccc(C(N)=O)cc1Cl. The van der Waals surface area contributed by atoms with E-state index in [1.165, 1.54) is 6.07 Å². The Balaban J connectivity index is 2.84. The molecule has 0 aromatic heterocycles. The summed E-state index contributed by atoms with van der Waals surface area (Å²) < 4.78 is 5.21. The summed E-state index contributed by atoms with van der Waals surface area (Å²) in [6, 6.07) is 4.62.